The van der Waals surface area contributed by atoms with Crippen molar-refractivity contribution in [3.05, 3.63) is 22.2 Å². The van der Waals surface area contributed by atoms with E-state index in [0.717, 1.165) is 0 Å². The van der Waals surface area contributed by atoms with E-state index in [1.165, 1.54) is 19.2 Å². The van der Waals surface area contributed by atoms with Crippen molar-refractivity contribution in [3.63, 3.8) is 0 Å². The Kier molecular flexibility index (Phi) is 6.98. The van der Waals surface area contributed by atoms with Gasteiger partial charge in [0.05, 0.1) is 17.7 Å². The quantitative estimate of drug-likeness (QED) is 0.592. The summed E-state index contributed by atoms with van der Waals surface area (Å²) < 4.78 is 15.8. The average Bonchev–Trinajstić information content (AvgIpc) is 2.45. The Labute approximate surface area is 147 Å². The van der Waals surface area contributed by atoms with Crippen molar-refractivity contribution >= 4 is 17.5 Å². The van der Waals surface area contributed by atoms with Gasteiger partial charge >= 0.3 is 11.8 Å². The summed E-state index contributed by atoms with van der Waals surface area (Å²) in [6.07, 6.45) is -0.735. The van der Waals surface area contributed by atoms with E-state index in [-0.39, 0.29) is 29.5 Å². The van der Waals surface area contributed by atoms with Gasteiger partial charge in [-0.05, 0) is 34.9 Å². The number of nitrogens with one attached hydrogen (secondary N) is 1. The number of amides is 1. The van der Waals surface area contributed by atoms with Crippen LogP contribution in [0.25, 0.3) is 0 Å². The topological polar surface area (TPSA) is 103 Å². The molecule has 140 valence electrons. The predicted molar refractivity (Wildman–Crippen MR) is 93.6 cm³/mol. The lowest BCUT2D eigenvalue weighted by Gasteiger charge is -2.20. The number of nitrogens with zero attached hydrogens (tertiary/aromatic N) is 2. The number of hydrogen-bond donors (Lipinski definition) is 1. The number of rotatable bonds is 7. The summed E-state index contributed by atoms with van der Waals surface area (Å²) in [5.74, 6) is 0.301. The highest BCUT2D eigenvalue weighted by Crippen LogP contribution is 2.38. The highest BCUT2D eigenvalue weighted by molar-refractivity contribution is 5.88. The van der Waals surface area contributed by atoms with Crippen LogP contribution in [-0.2, 0) is 4.74 Å². The van der Waals surface area contributed by atoms with Gasteiger partial charge in [-0.3, -0.25) is 15.4 Å². The zero-order chi connectivity index (χ0) is 19.2. The number of carbonyl (C=O) groups excluding carboxylic acids is 1. The standard InChI is InChI=1S/C16H25N3O6/c1-16(2,3)25-15(20)17-11-9-12(19(21)22)14(10-13(11)23-6)24-8-7-18(4)5/h9-10H,7-8H2,1-6H3,(H,17,20). The zero-order valence-electron chi connectivity index (χ0n) is 15.4. The van der Waals surface area contributed by atoms with Crippen LogP contribution in [0.5, 0.6) is 11.5 Å². The molecule has 1 amide bonds. The Balaban J connectivity index is 3.08. The van der Waals surface area contributed by atoms with Gasteiger partial charge in [0.2, 0.25) is 5.75 Å². The minimum absolute atomic E-state index is 0.0680. The van der Waals surface area contributed by atoms with Crippen LogP contribution >= 0.6 is 0 Å². The first-order chi connectivity index (χ1) is 11.5. The summed E-state index contributed by atoms with van der Waals surface area (Å²) in [7, 11) is 5.13. The summed E-state index contributed by atoms with van der Waals surface area (Å²) in [4.78, 5) is 24.5. The molecular formula is C16H25N3O6. The maximum atomic E-state index is 11.9. The Morgan fingerprint density at radius 1 is 1.28 bits per heavy atom. The molecule has 0 spiro atoms. The molecule has 0 saturated heterocycles. The molecule has 0 fully saturated rings. The van der Waals surface area contributed by atoms with E-state index >= 15 is 0 Å². The van der Waals surface area contributed by atoms with Crippen molar-refractivity contribution in [1.29, 1.82) is 0 Å². The molecule has 0 unspecified atom stereocenters. The first-order valence-corrected chi connectivity index (χ1v) is 7.67. The third-order valence-electron chi connectivity index (χ3n) is 2.91. The van der Waals surface area contributed by atoms with Crippen LogP contribution < -0.4 is 14.8 Å². The van der Waals surface area contributed by atoms with Crippen molar-refractivity contribution in [1.82, 2.24) is 4.90 Å². The Bertz CT molecular complexity index is 625. The van der Waals surface area contributed by atoms with Gasteiger partial charge in [-0.2, -0.15) is 0 Å². The number of likely N-dealkylation sites (N-methyl/N-ethyl adjacent to an activating group) is 1. The van der Waals surface area contributed by atoms with Crippen LogP contribution in [0.1, 0.15) is 20.8 Å². The molecule has 1 rings (SSSR count). The molecule has 9 nitrogen and oxygen atoms in total. The smallest absolute Gasteiger partial charge is 0.412 e. The Morgan fingerprint density at radius 3 is 2.40 bits per heavy atom. The van der Waals surface area contributed by atoms with Gasteiger partial charge in [-0.25, -0.2) is 4.79 Å². The van der Waals surface area contributed by atoms with Crippen molar-refractivity contribution in [2.75, 3.05) is 39.7 Å². The monoisotopic (exact) mass is 355 g/mol. The minimum Gasteiger partial charge on any atom is -0.494 e. The minimum atomic E-state index is -0.735. The van der Waals surface area contributed by atoms with E-state index in [1.807, 2.05) is 19.0 Å². The lowest BCUT2D eigenvalue weighted by Crippen LogP contribution is -2.27. The van der Waals surface area contributed by atoms with E-state index < -0.39 is 16.6 Å². The molecule has 0 aliphatic heterocycles. The van der Waals surface area contributed by atoms with Gasteiger partial charge in [-0.1, -0.05) is 0 Å². The molecule has 0 bridgehead atoms. The number of benzene rings is 1. The van der Waals surface area contributed by atoms with Gasteiger partial charge in [0, 0.05) is 18.7 Å². The number of nitro groups is 1. The maximum Gasteiger partial charge on any atom is 0.412 e. The normalized spacial score (nSPS) is 11.2. The molecule has 9 heteroatoms. The molecule has 0 aliphatic rings. The van der Waals surface area contributed by atoms with Gasteiger partial charge in [-0.15, -0.1) is 0 Å². The molecule has 0 saturated carbocycles. The lowest BCUT2D eigenvalue weighted by molar-refractivity contribution is -0.385. The van der Waals surface area contributed by atoms with Crippen LogP contribution in [0.4, 0.5) is 16.2 Å². The van der Waals surface area contributed by atoms with Crippen LogP contribution in [-0.4, -0.2) is 55.9 Å². The van der Waals surface area contributed by atoms with Crippen LogP contribution in [0.3, 0.4) is 0 Å². The van der Waals surface area contributed by atoms with Crippen molar-refractivity contribution in [2.24, 2.45) is 0 Å². The molecule has 0 heterocycles. The van der Waals surface area contributed by atoms with E-state index in [4.69, 9.17) is 14.2 Å². The molecule has 0 atom stereocenters. The first-order valence-electron chi connectivity index (χ1n) is 7.67. The molecule has 1 aromatic rings. The Hall–Kier alpha value is -2.55. The Morgan fingerprint density at radius 2 is 1.92 bits per heavy atom. The summed E-state index contributed by atoms with van der Waals surface area (Å²) in [6.45, 7) is 6.02. The SMILES string of the molecule is COc1cc(OCCN(C)C)c([N+](=O)[O-])cc1NC(=O)OC(C)(C)C. The highest BCUT2D eigenvalue weighted by atomic mass is 16.6. The van der Waals surface area contributed by atoms with Gasteiger partial charge in [0.1, 0.15) is 18.0 Å². The summed E-state index contributed by atoms with van der Waals surface area (Å²) in [5.41, 5.74) is -0.840. The molecular weight excluding hydrogens is 330 g/mol. The fraction of sp³-hybridized carbons (Fsp3) is 0.562. The first kappa shape index (κ1) is 20.5. The second kappa shape index (κ2) is 8.52. The second-order valence-electron chi connectivity index (χ2n) is 6.56. The second-order valence-corrected chi connectivity index (χ2v) is 6.56. The summed E-state index contributed by atoms with van der Waals surface area (Å²) in [6, 6.07) is 2.56. The van der Waals surface area contributed by atoms with Crippen molar-refractivity contribution < 1.29 is 23.9 Å². The van der Waals surface area contributed by atoms with Crippen LogP contribution in [0.2, 0.25) is 0 Å². The molecule has 0 aromatic heterocycles. The number of hydrogen-bond acceptors (Lipinski definition) is 7. The van der Waals surface area contributed by atoms with Gasteiger partial charge in [0.15, 0.2) is 0 Å². The number of anilines is 1. The molecule has 1 N–H and O–H groups in total. The summed E-state index contributed by atoms with van der Waals surface area (Å²) in [5, 5.41) is 13.8. The van der Waals surface area contributed by atoms with Crippen molar-refractivity contribution in [3.8, 4) is 11.5 Å². The number of ether oxygens (including phenoxy) is 3. The van der Waals surface area contributed by atoms with Crippen LogP contribution in [0, 0.1) is 10.1 Å². The van der Waals surface area contributed by atoms with E-state index in [2.05, 4.69) is 5.32 Å². The predicted octanol–water partition coefficient (Wildman–Crippen LogP) is 2.89. The third kappa shape index (κ3) is 6.84. The van der Waals surface area contributed by atoms with E-state index in [1.54, 1.807) is 20.8 Å². The maximum absolute atomic E-state index is 11.9. The fourth-order valence-corrected chi connectivity index (χ4v) is 1.83. The molecule has 0 aliphatic carbocycles. The largest absolute Gasteiger partial charge is 0.494 e. The van der Waals surface area contributed by atoms with E-state index in [9.17, 15) is 14.9 Å². The van der Waals surface area contributed by atoms with Crippen LogP contribution in [0.15, 0.2) is 12.1 Å². The number of carbonyl (C=O) groups is 1. The van der Waals surface area contributed by atoms with Gasteiger partial charge < -0.3 is 19.1 Å². The highest BCUT2D eigenvalue weighted by Gasteiger charge is 2.23. The average molecular weight is 355 g/mol. The number of methoxy groups -OCH3 is 1. The fourth-order valence-electron chi connectivity index (χ4n) is 1.83. The molecule has 25 heavy (non-hydrogen) atoms. The molecule has 0 radical (unpaired) electrons. The lowest BCUT2D eigenvalue weighted by atomic mass is 10.2. The van der Waals surface area contributed by atoms with E-state index in [0.29, 0.717) is 6.54 Å². The third-order valence-corrected chi connectivity index (χ3v) is 2.91. The molecule has 1 aromatic carbocycles. The number of nitro benzene ring substituents is 1. The van der Waals surface area contributed by atoms with Gasteiger partial charge in [0.25, 0.3) is 0 Å². The van der Waals surface area contributed by atoms with Crippen molar-refractivity contribution in [2.45, 2.75) is 26.4 Å². The summed E-state index contributed by atoms with van der Waals surface area (Å²) >= 11 is 0. The zero-order valence-corrected chi connectivity index (χ0v) is 15.4.